The van der Waals surface area contributed by atoms with Crippen molar-refractivity contribution in [2.24, 2.45) is 17.8 Å². The summed E-state index contributed by atoms with van der Waals surface area (Å²) in [7, 11) is 0. The predicted molar refractivity (Wildman–Crippen MR) is 160 cm³/mol. The number of benzene rings is 1. The smallest absolute Gasteiger partial charge is 0.324 e. The molecule has 2 aliphatic rings. The van der Waals surface area contributed by atoms with E-state index < -0.39 is 47.9 Å². The molecule has 10 heteroatoms. The molecule has 6 atom stereocenters. The number of hydrogen-bond donors (Lipinski definition) is 4. The minimum Gasteiger partial charge on any atom is -0.464 e. The molecule has 0 aromatic heterocycles. The molecule has 0 unspecified atom stereocenters. The molecule has 10 nitrogen and oxygen atoms in total. The van der Waals surface area contributed by atoms with E-state index in [9.17, 15) is 24.3 Å². The maximum absolute atomic E-state index is 13.8. The maximum Gasteiger partial charge on any atom is 0.324 e. The molecule has 2 heterocycles. The van der Waals surface area contributed by atoms with E-state index in [1.165, 1.54) is 5.01 Å². The molecule has 3 rings (SSSR count). The second-order valence-electron chi connectivity index (χ2n) is 11.9. The number of esters is 1. The number of rotatable bonds is 3. The van der Waals surface area contributed by atoms with Crippen LogP contribution in [0.4, 0.5) is 0 Å². The van der Waals surface area contributed by atoms with Crippen LogP contribution in [-0.2, 0) is 30.3 Å². The predicted octanol–water partition coefficient (Wildman–Crippen LogP) is 2.66. The molecule has 1 saturated heterocycles. The Morgan fingerprint density at radius 1 is 0.976 bits per heavy atom. The number of cyclic esters (lactones) is 1. The normalized spacial score (nSPS) is 29.6. The Labute approximate surface area is 249 Å². The molecule has 2 aliphatic heterocycles. The zero-order valence-electron chi connectivity index (χ0n) is 25.4. The minimum absolute atomic E-state index is 0.166. The van der Waals surface area contributed by atoms with E-state index >= 15 is 0 Å². The van der Waals surface area contributed by atoms with Gasteiger partial charge in [-0.05, 0) is 55.9 Å². The van der Waals surface area contributed by atoms with Crippen molar-refractivity contribution in [3.05, 3.63) is 48.0 Å². The zero-order valence-corrected chi connectivity index (χ0v) is 25.4. The van der Waals surface area contributed by atoms with Crippen LogP contribution in [0.3, 0.4) is 0 Å². The van der Waals surface area contributed by atoms with Crippen molar-refractivity contribution in [1.82, 2.24) is 21.1 Å². The average Bonchev–Trinajstić information content (AvgIpc) is 2.99. The van der Waals surface area contributed by atoms with Gasteiger partial charge < -0.3 is 20.5 Å². The van der Waals surface area contributed by atoms with Crippen molar-refractivity contribution in [2.45, 2.75) is 96.9 Å². The fraction of sp³-hybridized carbons (Fsp3) is 0.625. The molecule has 3 amide bonds. The first-order chi connectivity index (χ1) is 20.1. The summed E-state index contributed by atoms with van der Waals surface area (Å²) in [5, 5.41) is 18.0. The molecule has 2 bridgehead atoms. The topological polar surface area (TPSA) is 137 Å². The summed E-state index contributed by atoms with van der Waals surface area (Å²) in [5.41, 5.74) is 3.88. The number of nitrogens with one attached hydrogen (secondary N) is 3. The fourth-order valence-electron chi connectivity index (χ4n) is 5.29. The van der Waals surface area contributed by atoms with Crippen LogP contribution in [0.15, 0.2) is 42.5 Å². The number of aliphatic hydroxyl groups excluding tert-OH is 1. The summed E-state index contributed by atoms with van der Waals surface area (Å²) in [5.74, 6) is -2.84. The zero-order chi connectivity index (χ0) is 30.6. The Hall–Kier alpha value is -3.24. The first kappa shape index (κ1) is 33.3. The van der Waals surface area contributed by atoms with Gasteiger partial charge in [-0.25, -0.2) is 5.43 Å². The van der Waals surface area contributed by atoms with Crippen LogP contribution in [0.2, 0.25) is 0 Å². The number of aliphatic hydroxyl groups is 1. The van der Waals surface area contributed by atoms with Gasteiger partial charge in [-0.15, -0.1) is 0 Å². The van der Waals surface area contributed by atoms with Gasteiger partial charge in [0, 0.05) is 13.0 Å². The van der Waals surface area contributed by atoms with Gasteiger partial charge in [0.05, 0.1) is 18.6 Å². The van der Waals surface area contributed by atoms with Crippen LogP contribution in [0, 0.1) is 17.8 Å². The lowest BCUT2D eigenvalue weighted by molar-refractivity contribution is -0.153. The third kappa shape index (κ3) is 9.66. The van der Waals surface area contributed by atoms with E-state index in [1.807, 2.05) is 63.3 Å². The largest absolute Gasteiger partial charge is 0.464 e. The summed E-state index contributed by atoms with van der Waals surface area (Å²) >= 11 is 0. The average molecular weight is 585 g/mol. The summed E-state index contributed by atoms with van der Waals surface area (Å²) in [4.78, 5) is 53.4. The van der Waals surface area contributed by atoms with Crippen LogP contribution < -0.4 is 16.1 Å². The number of ether oxygens (including phenoxy) is 1. The molecule has 1 aromatic rings. The highest BCUT2D eigenvalue weighted by Crippen LogP contribution is 2.19. The summed E-state index contributed by atoms with van der Waals surface area (Å²) < 4.78 is 5.50. The van der Waals surface area contributed by atoms with Crippen LogP contribution in [0.1, 0.15) is 71.8 Å². The number of amides is 3. The lowest BCUT2D eigenvalue weighted by atomic mass is 9.89. The molecule has 0 aliphatic carbocycles. The van der Waals surface area contributed by atoms with Crippen molar-refractivity contribution in [3.63, 3.8) is 0 Å². The van der Waals surface area contributed by atoms with E-state index in [1.54, 1.807) is 6.92 Å². The Morgan fingerprint density at radius 2 is 1.71 bits per heavy atom. The number of allylic oxidation sites excluding steroid dienone is 2. The van der Waals surface area contributed by atoms with Crippen molar-refractivity contribution in [3.8, 4) is 0 Å². The lowest BCUT2D eigenvalue weighted by Gasteiger charge is -2.35. The van der Waals surface area contributed by atoms with Crippen LogP contribution in [0.25, 0.3) is 0 Å². The first-order valence-electron chi connectivity index (χ1n) is 15.3. The van der Waals surface area contributed by atoms with Gasteiger partial charge in [-0.3, -0.25) is 24.2 Å². The molecule has 0 spiro atoms. The number of carbonyl (C=O) groups is 4. The van der Waals surface area contributed by atoms with Gasteiger partial charge in [-0.1, -0.05) is 70.2 Å². The van der Waals surface area contributed by atoms with Gasteiger partial charge in [-0.2, -0.15) is 0 Å². The van der Waals surface area contributed by atoms with Gasteiger partial charge in [0.2, 0.25) is 11.8 Å². The number of nitrogens with zero attached hydrogens (tertiary/aromatic N) is 1. The first-order valence-corrected chi connectivity index (χ1v) is 15.3. The Balaban J connectivity index is 1.86. The summed E-state index contributed by atoms with van der Waals surface area (Å²) in [6, 6.07) is 6.87. The third-order valence-electron chi connectivity index (χ3n) is 8.07. The van der Waals surface area contributed by atoms with Gasteiger partial charge in [0.15, 0.2) is 0 Å². The van der Waals surface area contributed by atoms with E-state index in [0.717, 1.165) is 18.4 Å². The minimum atomic E-state index is -0.937. The second-order valence-corrected chi connectivity index (χ2v) is 11.9. The van der Waals surface area contributed by atoms with Crippen molar-refractivity contribution in [2.75, 3.05) is 13.2 Å². The molecule has 1 aromatic carbocycles. The third-order valence-corrected chi connectivity index (χ3v) is 8.07. The molecule has 0 saturated carbocycles. The Kier molecular flexibility index (Phi) is 13.0. The highest BCUT2D eigenvalue weighted by molar-refractivity contribution is 5.93. The van der Waals surface area contributed by atoms with Gasteiger partial charge in [0.25, 0.3) is 5.91 Å². The Bertz CT molecular complexity index is 1080. The van der Waals surface area contributed by atoms with E-state index in [0.29, 0.717) is 38.8 Å². The summed E-state index contributed by atoms with van der Waals surface area (Å²) in [6.07, 6.45) is 7.52. The maximum atomic E-state index is 13.8. The molecule has 42 heavy (non-hydrogen) atoms. The van der Waals surface area contributed by atoms with Crippen molar-refractivity contribution in [1.29, 1.82) is 0 Å². The SMILES string of the molecule is CC(C)[C@@H]1NC(=O)[C@H](C)[C@@H](O)[C@@H](C)CC=CCCCCOC(=O)[C@@H]2CCCN(N2)C(=O)[C@H](Cc2ccccc2)NC1=O. The lowest BCUT2D eigenvalue weighted by Crippen LogP contribution is -2.62. The Morgan fingerprint density at radius 3 is 2.43 bits per heavy atom. The fourth-order valence-corrected chi connectivity index (χ4v) is 5.29. The van der Waals surface area contributed by atoms with Crippen LogP contribution in [0.5, 0.6) is 0 Å². The standard InChI is InChI=1S/C32H48N4O6/c1-21(2)27-30(39)33-26(20-24-15-10-8-11-16-24)31(40)36-18-13-17-25(35-36)32(41)42-19-12-7-5-6-9-14-22(3)28(37)23(4)29(38)34-27/h6,8-11,15-16,21-23,25-28,35,37H,5,7,12-14,17-20H2,1-4H3,(H,33,39)(H,34,38)/t22-,23+,25-,26-,27-,28-/m0/s1. The van der Waals surface area contributed by atoms with Crippen LogP contribution in [-0.4, -0.2) is 71.2 Å². The molecular weight excluding hydrogens is 536 g/mol. The molecule has 0 radical (unpaired) electrons. The summed E-state index contributed by atoms with van der Waals surface area (Å²) in [6.45, 7) is 7.87. The number of hydrazine groups is 1. The van der Waals surface area contributed by atoms with E-state index in [2.05, 4.69) is 16.1 Å². The molecule has 1 fully saturated rings. The van der Waals surface area contributed by atoms with Gasteiger partial charge in [0.1, 0.15) is 18.1 Å². The highest BCUT2D eigenvalue weighted by atomic mass is 16.5. The van der Waals surface area contributed by atoms with E-state index in [-0.39, 0.29) is 24.2 Å². The monoisotopic (exact) mass is 584 g/mol. The number of hydrogen-bond acceptors (Lipinski definition) is 7. The molecule has 4 N–H and O–H groups in total. The van der Waals surface area contributed by atoms with Gasteiger partial charge >= 0.3 is 5.97 Å². The number of fused-ring (bicyclic) bond motifs is 2. The molecular formula is C32H48N4O6. The second kappa shape index (κ2) is 16.4. The number of carbonyl (C=O) groups excluding carboxylic acids is 4. The van der Waals surface area contributed by atoms with Crippen LogP contribution >= 0.6 is 0 Å². The molecule has 232 valence electrons. The quantitative estimate of drug-likeness (QED) is 0.317. The van der Waals surface area contributed by atoms with Crippen molar-refractivity contribution >= 4 is 23.7 Å². The highest BCUT2D eigenvalue weighted by Gasteiger charge is 2.36. The van der Waals surface area contributed by atoms with E-state index in [4.69, 9.17) is 4.74 Å². The van der Waals surface area contributed by atoms with Crippen molar-refractivity contribution < 1.29 is 29.0 Å².